The number of hydrogen-bond acceptors (Lipinski definition) is 4. The van der Waals surface area contributed by atoms with Crippen LogP contribution in [0, 0.1) is 11.3 Å². The third-order valence-corrected chi connectivity index (χ3v) is 4.20. The molecule has 0 unspecified atom stereocenters. The van der Waals surface area contributed by atoms with E-state index >= 15 is 0 Å². The van der Waals surface area contributed by atoms with E-state index in [0.717, 1.165) is 17.7 Å². The van der Waals surface area contributed by atoms with Crippen LogP contribution in [-0.2, 0) is 11.2 Å². The van der Waals surface area contributed by atoms with Crippen LogP contribution in [0.15, 0.2) is 48.0 Å². The number of fused-ring (bicyclic) bond motifs is 1. The molecule has 0 aliphatic carbocycles. The van der Waals surface area contributed by atoms with Crippen molar-refractivity contribution in [3.63, 3.8) is 0 Å². The lowest BCUT2D eigenvalue weighted by Gasteiger charge is -2.16. The topological polar surface area (TPSA) is 62.6 Å². The molecule has 0 saturated carbocycles. The first-order chi connectivity index (χ1) is 12.2. The van der Waals surface area contributed by atoms with Gasteiger partial charge in [0, 0.05) is 12.2 Å². The second-order valence-corrected chi connectivity index (χ2v) is 5.62. The van der Waals surface area contributed by atoms with E-state index in [4.69, 9.17) is 9.47 Å². The fraction of sp³-hybridized carbons (Fsp3) is 0.200. The minimum absolute atomic E-state index is 0.0870. The number of ether oxygens (including phenoxy) is 2. The summed E-state index contributed by atoms with van der Waals surface area (Å²) >= 11 is 0. The van der Waals surface area contributed by atoms with Gasteiger partial charge in [-0.15, -0.1) is 0 Å². The second kappa shape index (κ2) is 7.10. The van der Waals surface area contributed by atoms with Crippen molar-refractivity contribution < 1.29 is 14.3 Å². The van der Waals surface area contributed by atoms with E-state index < -0.39 is 0 Å². The normalized spacial score (nSPS) is 13.2. The van der Waals surface area contributed by atoms with Crippen LogP contribution in [-0.4, -0.2) is 26.7 Å². The Balaban J connectivity index is 1.92. The van der Waals surface area contributed by atoms with Gasteiger partial charge in [-0.2, -0.15) is 5.26 Å². The van der Waals surface area contributed by atoms with Gasteiger partial charge in [-0.25, -0.2) is 0 Å². The lowest BCUT2D eigenvalue weighted by molar-refractivity contribution is -0.114. The molecule has 1 amide bonds. The number of carbonyl (C=O) groups is 1. The summed E-state index contributed by atoms with van der Waals surface area (Å²) in [7, 11) is 3.10. The lowest BCUT2D eigenvalue weighted by atomic mass is 10.1. The molecular weight excluding hydrogens is 316 g/mol. The second-order valence-electron chi connectivity index (χ2n) is 5.62. The summed E-state index contributed by atoms with van der Waals surface area (Å²) in [5.74, 6) is 0.854. The number of anilines is 1. The van der Waals surface area contributed by atoms with Crippen molar-refractivity contribution in [2.75, 3.05) is 25.7 Å². The van der Waals surface area contributed by atoms with Crippen LogP contribution in [0.4, 0.5) is 5.69 Å². The van der Waals surface area contributed by atoms with Gasteiger partial charge in [-0.05, 0) is 41.8 Å². The quantitative estimate of drug-likeness (QED) is 0.636. The molecule has 0 N–H and O–H groups in total. The highest BCUT2D eigenvalue weighted by molar-refractivity contribution is 6.12. The third kappa shape index (κ3) is 3.20. The number of carbonyl (C=O) groups excluding carboxylic acids is 1. The number of methoxy groups -OCH3 is 2. The van der Waals surface area contributed by atoms with Gasteiger partial charge in [0.05, 0.1) is 14.2 Å². The molecule has 5 heteroatoms. The Morgan fingerprint density at radius 1 is 1.16 bits per heavy atom. The predicted octanol–water partition coefficient (Wildman–Crippen LogP) is 3.20. The molecule has 1 aliphatic rings. The van der Waals surface area contributed by atoms with E-state index in [9.17, 15) is 10.1 Å². The summed E-state index contributed by atoms with van der Waals surface area (Å²) in [5.41, 5.74) is 2.79. The number of hydrogen-bond donors (Lipinski definition) is 0. The van der Waals surface area contributed by atoms with Gasteiger partial charge in [0.1, 0.15) is 11.6 Å². The fourth-order valence-corrected chi connectivity index (χ4v) is 2.95. The largest absolute Gasteiger partial charge is 0.493 e. The van der Waals surface area contributed by atoms with Crippen LogP contribution in [0.25, 0.3) is 6.08 Å². The molecule has 0 spiro atoms. The first-order valence-electron chi connectivity index (χ1n) is 7.91. The van der Waals surface area contributed by atoms with Gasteiger partial charge in [-0.3, -0.25) is 4.79 Å². The number of amides is 1. The summed E-state index contributed by atoms with van der Waals surface area (Å²) in [4.78, 5) is 14.5. The summed E-state index contributed by atoms with van der Waals surface area (Å²) in [6.07, 6.45) is 2.38. The maximum atomic E-state index is 12.8. The standard InChI is InChI=1S/C20H18N2O3/c1-24-18-8-7-14(12-19(18)25-2)11-16(13-21)20(23)22-10-9-15-5-3-4-6-17(15)22/h3-8,11-12H,9-10H2,1-2H3/b16-11+. The number of benzene rings is 2. The number of rotatable bonds is 4. The molecule has 126 valence electrons. The zero-order valence-electron chi connectivity index (χ0n) is 14.2. The van der Waals surface area contributed by atoms with Crippen LogP contribution in [0.1, 0.15) is 11.1 Å². The fourth-order valence-electron chi connectivity index (χ4n) is 2.95. The van der Waals surface area contributed by atoms with E-state index in [0.29, 0.717) is 23.6 Å². The Hall–Kier alpha value is -3.26. The van der Waals surface area contributed by atoms with Crippen molar-refractivity contribution in [3.05, 3.63) is 59.2 Å². The minimum Gasteiger partial charge on any atom is -0.493 e. The maximum Gasteiger partial charge on any atom is 0.268 e. The molecular formula is C20H18N2O3. The zero-order valence-corrected chi connectivity index (χ0v) is 14.2. The number of nitriles is 1. The zero-order chi connectivity index (χ0) is 17.8. The molecule has 2 aromatic rings. The van der Waals surface area contributed by atoms with Gasteiger partial charge in [-0.1, -0.05) is 24.3 Å². The van der Waals surface area contributed by atoms with E-state index in [1.54, 1.807) is 43.4 Å². The lowest BCUT2D eigenvalue weighted by Crippen LogP contribution is -2.29. The van der Waals surface area contributed by atoms with Crippen molar-refractivity contribution in [1.29, 1.82) is 5.26 Å². The van der Waals surface area contributed by atoms with Gasteiger partial charge >= 0.3 is 0 Å². The summed E-state index contributed by atoms with van der Waals surface area (Å²) in [6.45, 7) is 0.586. The average molecular weight is 334 g/mol. The Bertz CT molecular complexity index is 881. The molecule has 3 rings (SSSR count). The van der Waals surface area contributed by atoms with Crippen molar-refractivity contribution in [1.82, 2.24) is 0 Å². The molecule has 25 heavy (non-hydrogen) atoms. The van der Waals surface area contributed by atoms with Crippen LogP contribution in [0.2, 0.25) is 0 Å². The third-order valence-electron chi connectivity index (χ3n) is 4.20. The Morgan fingerprint density at radius 2 is 1.92 bits per heavy atom. The van der Waals surface area contributed by atoms with Gasteiger partial charge in [0.2, 0.25) is 0 Å². The van der Waals surface area contributed by atoms with E-state index in [1.165, 1.54) is 0 Å². The van der Waals surface area contributed by atoms with Crippen molar-refractivity contribution in [3.8, 4) is 17.6 Å². The molecule has 5 nitrogen and oxygen atoms in total. The highest BCUT2D eigenvalue weighted by Gasteiger charge is 2.26. The first-order valence-corrected chi connectivity index (χ1v) is 7.91. The maximum absolute atomic E-state index is 12.8. The molecule has 2 aromatic carbocycles. The van der Waals surface area contributed by atoms with Crippen LogP contribution in [0.5, 0.6) is 11.5 Å². The smallest absolute Gasteiger partial charge is 0.268 e. The summed E-state index contributed by atoms with van der Waals surface area (Å²) in [6, 6.07) is 15.1. The minimum atomic E-state index is -0.290. The molecule has 0 fully saturated rings. The molecule has 0 saturated heterocycles. The van der Waals surface area contributed by atoms with Gasteiger partial charge in [0.25, 0.3) is 5.91 Å². The Morgan fingerprint density at radius 3 is 2.64 bits per heavy atom. The van der Waals surface area contributed by atoms with E-state index in [2.05, 4.69) is 0 Å². The number of nitrogens with zero attached hydrogens (tertiary/aromatic N) is 2. The monoisotopic (exact) mass is 334 g/mol. The first kappa shape index (κ1) is 16.6. The van der Waals surface area contributed by atoms with E-state index in [-0.39, 0.29) is 11.5 Å². The molecule has 0 aromatic heterocycles. The highest BCUT2D eigenvalue weighted by Crippen LogP contribution is 2.30. The summed E-state index contributed by atoms with van der Waals surface area (Å²) in [5, 5.41) is 9.47. The van der Waals surface area contributed by atoms with Crippen LogP contribution in [0.3, 0.4) is 0 Å². The molecule has 1 heterocycles. The average Bonchev–Trinajstić information content (AvgIpc) is 3.09. The van der Waals surface area contributed by atoms with E-state index in [1.807, 2.05) is 30.3 Å². The van der Waals surface area contributed by atoms with Crippen molar-refractivity contribution in [2.24, 2.45) is 0 Å². The van der Waals surface area contributed by atoms with Crippen molar-refractivity contribution in [2.45, 2.75) is 6.42 Å². The van der Waals surface area contributed by atoms with Gasteiger partial charge < -0.3 is 14.4 Å². The highest BCUT2D eigenvalue weighted by atomic mass is 16.5. The molecule has 0 atom stereocenters. The van der Waals surface area contributed by atoms with Crippen molar-refractivity contribution >= 4 is 17.7 Å². The summed E-state index contributed by atoms with van der Waals surface area (Å²) < 4.78 is 10.5. The molecule has 0 radical (unpaired) electrons. The van der Waals surface area contributed by atoms with Crippen LogP contribution >= 0.6 is 0 Å². The predicted molar refractivity (Wildman–Crippen MR) is 95.6 cm³/mol. The number of para-hydroxylation sites is 1. The van der Waals surface area contributed by atoms with Crippen LogP contribution < -0.4 is 14.4 Å². The SMILES string of the molecule is COc1ccc(/C=C(\C#N)C(=O)N2CCc3ccccc32)cc1OC. The Labute approximate surface area is 146 Å². The van der Waals surface area contributed by atoms with Gasteiger partial charge in [0.15, 0.2) is 11.5 Å². The molecule has 1 aliphatic heterocycles. The Kier molecular flexibility index (Phi) is 4.71. The molecule has 0 bridgehead atoms.